The number of ether oxygens (including phenoxy) is 2. The molecule has 2 aromatic carbocycles. The van der Waals surface area contributed by atoms with E-state index in [1.54, 1.807) is 18.2 Å². The quantitative estimate of drug-likeness (QED) is 0.0367. The van der Waals surface area contributed by atoms with Crippen LogP contribution in [-0.2, 0) is 46.5 Å². The van der Waals surface area contributed by atoms with Crippen LogP contribution in [0.4, 0.5) is 11.4 Å². The molecule has 3 aromatic rings. The average molecular weight is 1050 g/mol. The Hall–Kier alpha value is -4.89. The topological polar surface area (TPSA) is 335 Å². The molecular weight excluding hydrogens is 1000 g/mol. The highest BCUT2D eigenvalue weighted by Gasteiger charge is 2.42. The Morgan fingerprint density at radius 2 is 1.74 bits per heavy atom. The van der Waals surface area contributed by atoms with Crippen molar-refractivity contribution in [1.82, 2.24) is 19.4 Å². The van der Waals surface area contributed by atoms with Gasteiger partial charge in [0.2, 0.25) is 11.3 Å². The smallest absolute Gasteiger partial charge is 0.452 e. The summed E-state index contributed by atoms with van der Waals surface area (Å²) in [6, 6.07) is 7.54. The molecule has 5 heterocycles. The number of nitrogens with zero attached hydrogens (tertiary/aromatic N) is 4. The largest absolute Gasteiger partial charge is 0.490 e. The standard InChI is InChI=1S/C42H51N6O18P3S/c1-7-47-33-18-35-31(16-29(33)25(2)20-41(47,3)4)44-32-17-30-27(24-70(59,60)61)21-42(5,6)48(34(30)19-36(32)64-35)15-9-11-37(49)43-14-8-10-26-22-46(40(51)45-39(26)50)38-13-12-28(63-38)23-62-68(55,56)66-69(57,58)65-67(52,53)54/h16-22,28,38H,7,9,11-15,23-24H2,1-6H3,(H6-,43,45,49,50,51,52,53,54,55,56,57,58,59,60,61)/p+1/t28-,38+/m0/s1. The maximum Gasteiger partial charge on any atom is 0.490 e. The Bertz CT molecular complexity index is 3310. The summed E-state index contributed by atoms with van der Waals surface area (Å²) in [5.41, 5.74) is 1.79. The number of allylic oxidation sites excluding steroid dienone is 1. The number of anilines is 1. The van der Waals surface area contributed by atoms with Gasteiger partial charge in [-0.1, -0.05) is 17.9 Å². The molecule has 378 valence electrons. The third kappa shape index (κ3) is 12.4. The van der Waals surface area contributed by atoms with Crippen molar-refractivity contribution in [3.8, 4) is 23.3 Å². The third-order valence-corrected chi connectivity index (χ3v) is 16.2. The molecule has 4 aliphatic rings. The lowest BCUT2D eigenvalue weighted by Crippen LogP contribution is -2.50. The van der Waals surface area contributed by atoms with Crippen molar-refractivity contribution in [2.75, 3.05) is 36.9 Å². The first kappa shape index (κ1) is 52.9. The third-order valence-electron chi connectivity index (χ3n) is 11.7. The van der Waals surface area contributed by atoms with Crippen LogP contribution in [-0.4, -0.2) is 97.2 Å². The van der Waals surface area contributed by atoms with Gasteiger partial charge in [-0.2, -0.15) is 17.0 Å². The van der Waals surface area contributed by atoms with E-state index in [9.17, 15) is 50.8 Å². The van der Waals surface area contributed by atoms with Crippen LogP contribution in [0.2, 0.25) is 0 Å². The number of benzene rings is 2. The Kier molecular flexibility index (Phi) is 14.8. The van der Waals surface area contributed by atoms with Gasteiger partial charge >= 0.3 is 29.2 Å². The fourth-order valence-corrected chi connectivity index (χ4v) is 12.6. The van der Waals surface area contributed by atoms with Crippen LogP contribution in [0.1, 0.15) is 90.1 Å². The number of hydrogen-bond acceptors (Lipinski definition) is 15. The van der Waals surface area contributed by atoms with E-state index >= 15 is 0 Å². The second-order valence-corrected chi connectivity index (χ2v) is 23.8. The molecule has 2 unspecified atom stereocenters. The van der Waals surface area contributed by atoms with Gasteiger partial charge in [0.1, 0.15) is 35.1 Å². The van der Waals surface area contributed by atoms with Crippen molar-refractivity contribution >= 4 is 62.0 Å². The lowest BCUT2D eigenvalue weighted by molar-refractivity contribution is -0.120. The summed E-state index contributed by atoms with van der Waals surface area (Å²) in [7, 11) is -21.2. The van der Waals surface area contributed by atoms with Crippen molar-refractivity contribution in [2.45, 2.75) is 90.6 Å². The molecule has 7 N–H and O–H groups in total. The van der Waals surface area contributed by atoms with E-state index in [-0.39, 0.29) is 42.8 Å². The molecular formula is C42H52N6O18P3S+. The summed E-state index contributed by atoms with van der Waals surface area (Å²) < 4.78 is 96.3. The SMILES string of the molecule is CCN1c2cc3c(cc2C(C)=CC1(C)C)N=c1cc2c(cc1O3)=[N+](CCCC(=O)NCC#Cc1cn([C@H]3CC[C@@H](COP(=O)(O)OP(=O)(O)OP(=O)(O)O)O3)c(=O)[nH]c1=O)C(C)(C)C=C2CS(=O)(=O)O. The lowest BCUT2D eigenvalue weighted by atomic mass is 9.88. The first-order valence-electron chi connectivity index (χ1n) is 21.7. The highest BCUT2D eigenvalue weighted by molar-refractivity contribution is 7.86. The molecule has 1 aromatic heterocycles. The van der Waals surface area contributed by atoms with Gasteiger partial charge in [-0.15, -0.1) is 0 Å². The maximum atomic E-state index is 13.0. The second-order valence-electron chi connectivity index (χ2n) is 17.9. The molecule has 0 spiro atoms. The van der Waals surface area contributed by atoms with E-state index in [4.69, 9.17) is 24.3 Å². The maximum absolute atomic E-state index is 13.0. The highest BCUT2D eigenvalue weighted by atomic mass is 32.2. The van der Waals surface area contributed by atoms with E-state index in [0.717, 1.165) is 34.1 Å². The van der Waals surface area contributed by atoms with Crippen molar-refractivity contribution in [3.63, 3.8) is 0 Å². The Balaban J connectivity index is 1.02. The Morgan fingerprint density at radius 1 is 1.01 bits per heavy atom. The van der Waals surface area contributed by atoms with Gasteiger partial charge in [-0.25, -0.2) is 28.1 Å². The van der Waals surface area contributed by atoms with E-state index in [2.05, 4.69) is 74.0 Å². The molecule has 4 atom stereocenters. The van der Waals surface area contributed by atoms with Gasteiger partial charge in [0.05, 0.1) is 36.4 Å². The van der Waals surface area contributed by atoms with Gasteiger partial charge in [0, 0.05) is 56.7 Å². The van der Waals surface area contributed by atoms with Crippen molar-refractivity contribution in [1.29, 1.82) is 0 Å². The zero-order chi connectivity index (χ0) is 51.4. The first-order chi connectivity index (χ1) is 32.4. The zero-order valence-electron chi connectivity index (χ0n) is 38.6. The van der Waals surface area contributed by atoms with Gasteiger partial charge < -0.3 is 39.3 Å². The lowest BCUT2D eigenvalue weighted by Gasteiger charge is -2.43. The summed E-state index contributed by atoms with van der Waals surface area (Å²) in [5, 5.41) is 3.78. The van der Waals surface area contributed by atoms with E-state index in [0.29, 0.717) is 52.0 Å². The molecule has 0 saturated carbocycles. The molecule has 7 rings (SSSR count). The minimum Gasteiger partial charge on any atom is -0.452 e. The number of carbonyl (C=O) groups is 1. The summed E-state index contributed by atoms with van der Waals surface area (Å²) >= 11 is 0. The fourth-order valence-electron chi connectivity index (χ4n) is 8.96. The number of likely N-dealkylation sites (N-methyl/N-ethyl adjacent to an activating group) is 1. The number of phosphoric acid groups is 3. The molecule has 70 heavy (non-hydrogen) atoms. The van der Waals surface area contributed by atoms with Crippen molar-refractivity contribution in [3.05, 3.63) is 90.9 Å². The first-order valence-corrected chi connectivity index (χ1v) is 27.8. The van der Waals surface area contributed by atoms with Crippen LogP contribution >= 0.6 is 23.5 Å². The predicted octanol–water partition coefficient (Wildman–Crippen LogP) is 3.14. The molecule has 28 heteroatoms. The second kappa shape index (κ2) is 19.6. The number of hydrogen-bond donors (Lipinski definition) is 7. The van der Waals surface area contributed by atoms with E-state index < -0.39 is 75.1 Å². The minimum atomic E-state index is -5.73. The van der Waals surface area contributed by atoms with Crippen LogP contribution in [0, 0.1) is 11.8 Å². The van der Waals surface area contributed by atoms with Gasteiger partial charge in [-0.05, 0) is 69.9 Å². The molecule has 0 radical (unpaired) electrons. The molecule has 1 amide bonds. The molecule has 1 saturated heterocycles. The monoisotopic (exact) mass is 1050 g/mol. The molecule has 0 aliphatic carbocycles. The minimum absolute atomic E-state index is 0.0479. The fraction of sp³-hybridized carbons (Fsp3) is 0.452. The highest BCUT2D eigenvalue weighted by Crippen LogP contribution is 2.66. The number of nitrogens with one attached hydrogen (secondary N) is 2. The number of H-pyrrole nitrogens is 1. The zero-order valence-corrected chi connectivity index (χ0v) is 42.1. The van der Waals surface area contributed by atoms with Crippen LogP contribution in [0.5, 0.6) is 11.5 Å². The number of fused-ring (bicyclic) bond motifs is 4. The molecule has 24 nitrogen and oxygen atoms in total. The Labute approximate surface area is 400 Å². The molecule has 0 bridgehead atoms. The Morgan fingerprint density at radius 3 is 2.43 bits per heavy atom. The van der Waals surface area contributed by atoms with Crippen LogP contribution < -0.4 is 41.5 Å². The van der Waals surface area contributed by atoms with Crippen LogP contribution in [0.15, 0.2) is 57.2 Å². The van der Waals surface area contributed by atoms with Gasteiger partial charge in [0.25, 0.3) is 15.7 Å². The number of aromatic nitrogens is 2. The van der Waals surface area contributed by atoms with Crippen molar-refractivity contribution < 1.29 is 73.7 Å². The van der Waals surface area contributed by atoms with Crippen LogP contribution in [0.3, 0.4) is 0 Å². The average Bonchev–Trinajstić information content (AvgIpc) is 3.68. The number of aromatic amines is 1. The van der Waals surface area contributed by atoms with Gasteiger partial charge in [0.15, 0.2) is 17.0 Å². The molecule has 1 fully saturated rings. The van der Waals surface area contributed by atoms with E-state index in [1.165, 1.54) is 0 Å². The predicted molar refractivity (Wildman–Crippen MR) is 252 cm³/mol. The van der Waals surface area contributed by atoms with Gasteiger partial charge in [-0.3, -0.25) is 28.2 Å². The summed E-state index contributed by atoms with van der Waals surface area (Å²) in [5.74, 6) is 5.29. The van der Waals surface area contributed by atoms with Crippen LogP contribution in [0.25, 0.3) is 11.1 Å². The number of phosphoric ester groups is 1. The summed E-state index contributed by atoms with van der Waals surface area (Å²) in [6.07, 6.45) is 3.72. The number of carbonyl (C=O) groups excluding carboxylic acids is 1. The number of rotatable bonds is 16. The normalized spacial score (nSPS) is 20.6. The number of amides is 1. The van der Waals surface area contributed by atoms with E-state index in [1.807, 2.05) is 30.6 Å². The summed E-state index contributed by atoms with van der Waals surface area (Å²) in [6.45, 7) is 12.4. The molecule has 4 aliphatic heterocycles. The summed E-state index contributed by atoms with van der Waals surface area (Å²) in [4.78, 5) is 84.2. The van der Waals surface area contributed by atoms with Crippen molar-refractivity contribution in [2.24, 2.45) is 4.99 Å².